The number of rotatable bonds is 8. The summed E-state index contributed by atoms with van der Waals surface area (Å²) in [5.74, 6) is -0.325. The summed E-state index contributed by atoms with van der Waals surface area (Å²) in [6.07, 6.45) is 5.01. The molecule has 0 radical (unpaired) electrons. The van der Waals surface area contributed by atoms with Gasteiger partial charge in [-0.3, -0.25) is 14.0 Å². The number of likely N-dealkylation sites (tertiary alicyclic amines) is 1. The monoisotopic (exact) mass is 457 g/mol. The Balaban J connectivity index is 1.64. The molecule has 3 rings (SSSR count). The standard InChI is InChI=1S/C25H35N3O3S/c1-19-8-9-20(2)24(16-19)28(32(4,30)31)21(3)25(29)26-17-22-10-12-23(13-11-22)18-27-14-6-5-7-15-27/h8-13,16,21H,5-7,14-15,17-18H2,1-4H3,(H,26,29). The van der Waals surface area contributed by atoms with Crippen LogP contribution in [0.25, 0.3) is 0 Å². The number of hydrogen-bond donors (Lipinski definition) is 1. The summed E-state index contributed by atoms with van der Waals surface area (Å²) in [7, 11) is -3.64. The Morgan fingerprint density at radius 2 is 1.66 bits per heavy atom. The number of amides is 1. The summed E-state index contributed by atoms with van der Waals surface area (Å²) >= 11 is 0. The molecule has 2 aromatic rings. The SMILES string of the molecule is Cc1ccc(C)c(N(C(C)C(=O)NCc2ccc(CN3CCCCC3)cc2)S(C)(=O)=O)c1. The van der Waals surface area contributed by atoms with Gasteiger partial charge >= 0.3 is 0 Å². The molecule has 1 unspecified atom stereocenters. The van der Waals surface area contributed by atoms with E-state index in [4.69, 9.17) is 0 Å². The van der Waals surface area contributed by atoms with Crippen molar-refractivity contribution < 1.29 is 13.2 Å². The molecule has 6 nitrogen and oxygen atoms in total. The highest BCUT2D eigenvalue weighted by Crippen LogP contribution is 2.26. The highest BCUT2D eigenvalue weighted by Gasteiger charge is 2.30. The molecular weight excluding hydrogens is 422 g/mol. The Morgan fingerprint density at radius 1 is 1.03 bits per heavy atom. The predicted molar refractivity (Wildman–Crippen MR) is 130 cm³/mol. The third-order valence-electron chi connectivity index (χ3n) is 6.04. The molecule has 1 amide bonds. The molecule has 1 aliphatic heterocycles. The maximum absolute atomic E-state index is 12.9. The van der Waals surface area contributed by atoms with E-state index in [1.165, 1.54) is 29.1 Å². The van der Waals surface area contributed by atoms with Crippen molar-refractivity contribution >= 4 is 21.6 Å². The van der Waals surface area contributed by atoms with Crippen molar-refractivity contribution in [3.8, 4) is 0 Å². The van der Waals surface area contributed by atoms with E-state index in [2.05, 4.69) is 22.3 Å². The van der Waals surface area contributed by atoms with Crippen LogP contribution >= 0.6 is 0 Å². The topological polar surface area (TPSA) is 69.7 Å². The van der Waals surface area contributed by atoms with E-state index in [1.54, 1.807) is 13.0 Å². The van der Waals surface area contributed by atoms with E-state index in [0.717, 1.165) is 42.6 Å². The second-order valence-electron chi connectivity index (χ2n) is 8.90. The second-order valence-corrected chi connectivity index (χ2v) is 10.8. The lowest BCUT2D eigenvalue weighted by Crippen LogP contribution is -2.48. The molecule has 1 heterocycles. The summed E-state index contributed by atoms with van der Waals surface area (Å²) in [5.41, 5.74) is 4.55. The van der Waals surface area contributed by atoms with Crippen molar-refractivity contribution in [3.05, 3.63) is 64.7 Å². The normalized spacial score (nSPS) is 15.9. The largest absolute Gasteiger partial charge is 0.350 e. The molecule has 2 aromatic carbocycles. The van der Waals surface area contributed by atoms with Gasteiger partial charge in [0.25, 0.3) is 0 Å². The van der Waals surface area contributed by atoms with Crippen molar-refractivity contribution in [2.24, 2.45) is 0 Å². The van der Waals surface area contributed by atoms with Crippen molar-refractivity contribution in [2.75, 3.05) is 23.7 Å². The van der Waals surface area contributed by atoms with E-state index in [9.17, 15) is 13.2 Å². The molecule has 1 aliphatic rings. The Labute approximate surface area is 192 Å². The smallest absolute Gasteiger partial charge is 0.243 e. The molecule has 174 valence electrons. The van der Waals surface area contributed by atoms with Gasteiger partial charge < -0.3 is 5.32 Å². The first-order chi connectivity index (χ1) is 15.1. The number of benzene rings is 2. The quantitative estimate of drug-likeness (QED) is 0.655. The Bertz CT molecular complexity index is 1030. The summed E-state index contributed by atoms with van der Waals surface area (Å²) in [5, 5.41) is 2.90. The van der Waals surface area contributed by atoms with Gasteiger partial charge in [0.15, 0.2) is 0 Å². The van der Waals surface area contributed by atoms with Gasteiger partial charge in [0.05, 0.1) is 11.9 Å². The molecule has 0 bridgehead atoms. The van der Waals surface area contributed by atoms with Crippen LogP contribution in [0, 0.1) is 13.8 Å². The first-order valence-corrected chi connectivity index (χ1v) is 13.1. The van der Waals surface area contributed by atoms with E-state index >= 15 is 0 Å². The minimum atomic E-state index is -3.64. The molecular formula is C25H35N3O3S. The van der Waals surface area contributed by atoms with Gasteiger partial charge in [-0.15, -0.1) is 0 Å². The maximum Gasteiger partial charge on any atom is 0.243 e. The lowest BCUT2D eigenvalue weighted by molar-refractivity contribution is -0.122. The number of nitrogens with zero attached hydrogens (tertiary/aromatic N) is 2. The van der Waals surface area contributed by atoms with E-state index in [0.29, 0.717) is 12.2 Å². The van der Waals surface area contributed by atoms with Crippen molar-refractivity contribution in [2.45, 2.75) is 59.2 Å². The van der Waals surface area contributed by atoms with Crippen molar-refractivity contribution in [3.63, 3.8) is 0 Å². The summed E-state index contributed by atoms with van der Waals surface area (Å²) in [6, 6.07) is 13.0. The molecule has 0 saturated carbocycles. The average Bonchev–Trinajstić information content (AvgIpc) is 2.75. The van der Waals surface area contributed by atoms with E-state index < -0.39 is 16.1 Å². The minimum Gasteiger partial charge on any atom is -0.350 e. The highest BCUT2D eigenvalue weighted by atomic mass is 32.2. The van der Waals surface area contributed by atoms with E-state index in [-0.39, 0.29) is 5.91 Å². The van der Waals surface area contributed by atoms with Crippen LogP contribution in [0.5, 0.6) is 0 Å². The third-order valence-corrected chi connectivity index (χ3v) is 7.26. The van der Waals surface area contributed by atoms with Crippen molar-refractivity contribution in [1.82, 2.24) is 10.2 Å². The summed E-state index contributed by atoms with van der Waals surface area (Å²) < 4.78 is 26.3. The number of piperidine rings is 1. The number of aryl methyl sites for hydroxylation is 2. The zero-order valence-electron chi connectivity index (χ0n) is 19.6. The van der Waals surface area contributed by atoms with Crippen LogP contribution in [0.2, 0.25) is 0 Å². The number of hydrogen-bond acceptors (Lipinski definition) is 4. The highest BCUT2D eigenvalue weighted by molar-refractivity contribution is 7.92. The molecule has 7 heteroatoms. The van der Waals surface area contributed by atoms with E-state index in [1.807, 2.05) is 38.1 Å². The Morgan fingerprint density at radius 3 is 2.28 bits per heavy atom. The van der Waals surface area contributed by atoms with Crippen LogP contribution in [-0.2, 0) is 27.9 Å². The molecule has 1 N–H and O–H groups in total. The Kier molecular flexibility index (Phi) is 7.96. The average molecular weight is 458 g/mol. The number of anilines is 1. The first kappa shape index (κ1) is 24.3. The molecule has 1 fully saturated rings. The maximum atomic E-state index is 12.9. The minimum absolute atomic E-state index is 0.325. The summed E-state index contributed by atoms with van der Waals surface area (Å²) in [6.45, 7) is 9.02. The fourth-order valence-corrected chi connectivity index (χ4v) is 5.44. The van der Waals surface area contributed by atoms with Gasteiger partial charge in [-0.25, -0.2) is 8.42 Å². The molecule has 0 spiro atoms. The predicted octanol–water partition coefficient (Wildman–Crippen LogP) is 3.76. The fourth-order valence-electron chi connectivity index (χ4n) is 4.21. The molecule has 0 aliphatic carbocycles. The van der Waals surface area contributed by atoms with Crippen molar-refractivity contribution in [1.29, 1.82) is 0 Å². The van der Waals surface area contributed by atoms with Crippen LogP contribution in [0.15, 0.2) is 42.5 Å². The number of nitrogens with one attached hydrogen (secondary N) is 1. The number of sulfonamides is 1. The second kappa shape index (κ2) is 10.5. The van der Waals surface area contributed by atoms with Gasteiger partial charge in [-0.05, 0) is 75.0 Å². The van der Waals surface area contributed by atoms with Gasteiger partial charge in [0.2, 0.25) is 15.9 Å². The zero-order chi connectivity index (χ0) is 23.3. The fraction of sp³-hybridized carbons (Fsp3) is 0.480. The first-order valence-electron chi connectivity index (χ1n) is 11.3. The van der Waals surface area contributed by atoms with Gasteiger partial charge in [0.1, 0.15) is 6.04 Å². The van der Waals surface area contributed by atoms with Crippen LogP contribution < -0.4 is 9.62 Å². The molecule has 32 heavy (non-hydrogen) atoms. The van der Waals surface area contributed by atoms with Gasteiger partial charge in [-0.1, -0.05) is 42.8 Å². The van der Waals surface area contributed by atoms with Crippen LogP contribution in [0.4, 0.5) is 5.69 Å². The van der Waals surface area contributed by atoms with Gasteiger partial charge in [0, 0.05) is 13.1 Å². The van der Waals surface area contributed by atoms with Crippen LogP contribution in [0.3, 0.4) is 0 Å². The number of carbonyl (C=O) groups excluding carboxylic acids is 1. The molecule has 0 aromatic heterocycles. The van der Waals surface area contributed by atoms with Crippen LogP contribution in [-0.4, -0.2) is 44.6 Å². The lowest BCUT2D eigenvalue weighted by atomic mass is 10.1. The molecule has 1 saturated heterocycles. The molecule has 1 atom stereocenters. The zero-order valence-corrected chi connectivity index (χ0v) is 20.4. The third kappa shape index (κ3) is 6.33. The number of carbonyl (C=O) groups is 1. The van der Waals surface area contributed by atoms with Gasteiger partial charge in [-0.2, -0.15) is 0 Å². The summed E-state index contributed by atoms with van der Waals surface area (Å²) in [4.78, 5) is 15.4. The Hall–Kier alpha value is -2.38. The lowest BCUT2D eigenvalue weighted by Gasteiger charge is -2.29. The van der Waals surface area contributed by atoms with Crippen LogP contribution in [0.1, 0.15) is 48.4 Å².